The molecule has 0 atom stereocenters. The van der Waals surface area contributed by atoms with Crippen molar-refractivity contribution in [1.82, 2.24) is 0 Å². The molecule has 74 valence electrons. The third kappa shape index (κ3) is 1.83. The van der Waals surface area contributed by atoms with E-state index in [0.717, 1.165) is 5.56 Å². The molecule has 0 aliphatic heterocycles. The van der Waals surface area contributed by atoms with Crippen molar-refractivity contribution in [2.45, 2.75) is 26.2 Å². The smallest absolute Gasteiger partial charge is 0.102 e. The molecule has 1 aromatic carbocycles. The molecule has 0 bridgehead atoms. The Balaban J connectivity index is 3.56. The molecule has 0 aliphatic carbocycles. The lowest BCUT2D eigenvalue weighted by Gasteiger charge is -2.22. The van der Waals surface area contributed by atoms with Gasteiger partial charge in [-0.1, -0.05) is 32.4 Å². The minimum absolute atomic E-state index is 0.169. The topological polar surface area (TPSA) is 49.8 Å². The monoisotopic (exact) mass is 208 g/mol. The van der Waals surface area contributed by atoms with E-state index in [1.54, 1.807) is 12.1 Å². The number of rotatable bonds is 0. The van der Waals surface area contributed by atoms with Gasteiger partial charge in [-0.2, -0.15) is 5.26 Å². The van der Waals surface area contributed by atoms with Crippen molar-refractivity contribution in [3.8, 4) is 6.07 Å². The Bertz CT molecular complexity index is 397. The predicted octanol–water partition coefficient (Wildman–Crippen LogP) is 3.09. The van der Waals surface area contributed by atoms with Crippen LogP contribution in [0.15, 0.2) is 12.1 Å². The summed E-state index contributed by atoms with van der Waals surface area (Å²) in [5.74, 6) is 0. The highest BCUT2D eigenvalue weighted by Gasteiger charge is 2.22. The van der Waals surface area contributed by atoms with E-state index in [1.807, 2.05) is 20.8 Å². The molecule has 1 rings (SSSR count). The van der Waals surface area contributed by atoms with Crippen LogP contribution in [0.25, 0.3) is 0 Å². The first-order valence-electron chi connectivity index (χ1n) is 4.36. The van der Waals surface area contributed by atoms with Crippen LogP contribution in [0, 0.1) is 11.3 Å². The summed E-state index contributed by atoms with van der Waals surface area (Å²) in [4.78, 5) is 0. The first-order valence-corrected chi connectivity index (χ1v) is 4.74. The van der Waals surface area contributed by atoms with Crippen LogP contribution in [0.4, 0.5) is 5.69 Å². The summed E-state index contributed by atoms with van der Waals surface area (Å²) in [6.45, 7) is 6.03. The van der Waals surface area contributed by atoms with E-state index in [9.17, 15) is 0 Å². The zero-order valence-corrected chi connectivity index (χ0v) is 9.31. The Morgan fingerprint density at radius 3 is 2.29 bits per heavy atom. The molecule has 0 saturated heterocycles. The third-order valence-corrected chi connectivity index (χ3v) is 2.36. The number of nitriles is 1. The standard InChI is InChI=1S/C11H13ClN2/c1-11(2,3)10-7(6-13)9(14)5-4-8(10)12/h4-5H,14H2,1-3H3. The van der Waals surface area contributed by atoms with Crippen LogP contribution in [0.2, 0.25) is 5.02 Å². The average Bonchev–Trinajstić information content (AvgIpc) is 2.06. The average molecular weight is 209 g/mol. The number of hydrogen-bond acceptors (Lipinski definition) is 2. The molecule has 3 heteroatoms. The van der Waals surface area contributed by atoms with Crippen LogP contribution in [0.3, 0.4) is 0 Å². The van der Waals surface area contributed by atoms with Gasteiger partial charge in [0, 0.05) is 10.7 Å². The van der Waals surface area contributed by atoms with Crippen LogP contribution in [-0.4, -0.2) is 0 Å². The molecule has 0 saturated carbocycles. The number of hydrogen-bond donors (Lipinski definition) is 1. The molecule has 0 amide bonds. The fraction of sp³-hybridized carbons (Fsp3) is 0.364. The van der Waals surface area contributed by atoms with Gasteiger partial charge in [0.05, 0.1) is 5.56 Å². The van der Waals surface area contributed by atoms with Crippen molar-refractivity contribution in [3.63, 3.8) is 0 Å². The van der Waals surface area contributed by atoms with Crippen LogP contribution < -0.4 is 5.73 Å². The summed E-state index contributed by atoms with van der Waals surface area (Å²) in [7, 11) is 0. The lowest BCUT2D eigenvalue weighted by Crippen LogP contribution is -2.15. The molecular weight excluding hydrogens is 196 g/mol. The van der Waals surface area contributed by atoms with Gasteiger partial charge in [0.1, 0.15) is 6.07 Å². The fourth-order valence-electron chi connectivity index (χ4n) is 1.45. The van der Waals surface area contributed by atoms with Gasteiger partial charge in [-0.05, 0) is 23.1 Å². The highest BCUT2D eigenvalue weighted by atomic mass is 35.5. The molecule has 14 heavy (non-hydrogen) atoms. The van der Waals surface area contributed by atoms with E-state index < -0.39 is 0 Å². The van der Waals surface area contributed by atoms with Gasteiger partial charge in [-0.25, -0.2) is 0 Å². The molecule has 0 fully saturated rings. The van der Waals surface area contributed by atoms with Crippen molar-refractivity contribution in [2.24, 2.45) is 0 Å². The molecule has 0 aliphatic rings. The van der Waals surface area contributed by atoms with Crippen molar-refractivity contribution < 1.29 is 0 Å². The molecule has 2 N–H and O–H groups in total. The Morgan fingerprint density at radius 1 is 1.36 bits per heavy atom. The number of nitrogen functional groups attached to an aromatic ring is 1. The Hall–Kier alpha value is -1.20. The Kier molecular flexibility index (Phi) is 2.73. The van der Waals surface area contributed by atoms with Crippen LogP contribution in [0.5, 0.6) is 0 Å². The molecule has 0 heterocycles. The van der Waals surface area contributed by atoms with Crippen LogP contribution in [0.1, 0.15) is 31.9 Å². The maximum atomic E-state index is 9.00. The first kappa shape index (κ1) is 10.9. The van der Waals surface area contributed by atoms with E-state index >= 15 is 0 Å². The summed E-state index contributed by atoms with van der Waals surface area (Å²) in [6.07, 6.45) is 0. The normalized spacial score (nSPS) is 11.1. The lowest BCUT2D eigenvalue weighted by atomic mass is 9.83. The van der Waals surface area contributed by atoms with Gasteiger partial charge in [0.25, 0.3) is 0 Å². The van der Waals surface area contributed by atoms with Gasteiger partial charge < -0.3 is 5.73 Å². The highest BCUT2D eigenvalue weighted by Crippen LogP contribution is 2.34. The van der Waals surface area contributed by atoms with E-state index in [1.165, 1.54) is 0 Å². The van der Waals surface area contributed by atoms with Gasteiger partial charge in [0.15, 0.2) is 0 Å². The number of nitrogens with zero attached hydrogens (tertiary/aromatic N) is 1. The van der Waals surface area contributed by atoms with Crippen molar-refractivity contribution in [3.05, 3.63) is 28.3 Å². The Morgan fingerprint density at radius 2 is 1.93 bits per heavy atom. The molecule has 0 unspecified atom stereocenters. The summed E-state index contributed by atoms with van der Waals surface area (Å²) in [5.41, 5.74) is 7.35. The zero-order valence-electron chi connectivity index (χ0n) is 8.56. The van der Waals surface area contributed by atoms with Gasteiger partial charge >= 0.3 is 0 Å². The van der Waals surface area contributed by atoms with Crippen molar-refractivity contribution in [1.29, 1.82) is 5.26 Å². The first-order chi connectivity index (χ1) is 6.38. The van der Waals surface area contributed by atoms with E-state index in [-0.39, 0.29) is 5.41 Å². The summed E-state index contributed by atoms with van der Waals surface area (Å²) in [6, 6.07) is 5.50. The minimum atomic E-state index is -0.169. The second kappa shape index (κ2) is 3.51. The zero-order chi connectivity index (χ0) is 10.9. The SMILES string of the molecule is CC(C)(C)c1c(Cl)ccc(N)c1C#N. The largest absolute Gasteiger partial charge is 0.398 e. The van der Waals surface area contributed by atoms with Gasteiger partial charge in [-0.3, -0.25) is 0 Å². The number of anilines is 1. The van der Waals surface area contributed by atoms with E-state index in [4.69, 9.17) is 22.6 Å². The molecule has 1 aromatic rings. The van der Waals surface area contributed by atoms with Crippen molar-refractivity contribution >= 4 is 17.3 Å². The molecule has 0 aromatic heterocycles. The fourth-order valence-corrected chi connectivity index (χ4v) is 1.89. The molecule has 0 radical (unpaired) electrons. The number of nitrogens with two attached hydrogens (primary N) is 1. The summed E-state index contributed by atoms with van der Waals surface area (Å²) in [5, 5.41) is 9.60. The maximum Gasteiger partial charge on any atom is 0.102 e. The summed E-state index contributed by atoms with van der Waals surface area (Å²) < 4.78 is 0. The van der Waals surface area contributed by atoms with Crippen LogP contribution in [-0.2, 0) is 5.41 Å². The quantitative estimate of drug-likeness (QED) is 0.666. The Labute approximate surface area is 89.3 Å². The van der Waals surface area contributed by atoms with Gasteiger partial charge in [0.2, 0.25) is 0 Å². The highest BCUT2D eigenvalue weighted by molar-refractivity contribution is 6.31. The second-order valence-electron chi connectivity index (χ2n) is 4.25. The maximum absolute atomic E-state index is 9.00. The van der Waals surface area contributed by atoms with Gasteiger partial charge in [-0.15, -0.1) is 0 Å². The minimum Gasteiger partial charge on any atom is -0.398 e. The second-order valence-corrected chi connectivity index (χ2v) is 4.66. The van der Waals surface area contributed by atoms with Crippen LogP contribution >= 0.6 is 11.6 Å². The molecule has 2 nitrogen and oxygen atoms in total. The van der Waals surface area contributed by atoms with E-state index in [0.29, 0.717) is 16.3 Å². The summed E-state index contributed by atoms with van der Waals surface area (Å²) >= 11 is 6.06. The molecular formula is C11H13ClN2. The number of halogens is 1. The number of benzene rings is 1. The lowest BCUT2D eigenvalue weighted by molar-refractivity contribution is 0.589. The van der Waals surface area contributed by atoms with E-state index in [2.05, 4.69) is 6.07 Å². The predicted molar refractivity (Wildman–Crippen MR) is 59.3 cm³/mol. The van der Waals surface area contributed by atoms with Crippen molar-refractivity contribution in [2.75, 3.05) is 5.73 Å². The molecule has 0 spiro atoms. The third-order valence-electron chi connectivity index (χ3n) is 2.05.